The van der Waals surface area contributed by atoms with E-state index in [0.717, 1.165) is 5.69 Å². The molecule has 0 radical (unpaired) electrons. The van der Waals surface area contributed by atoms with Crippen molar-refractivity contribution in [3.63, 3.8) is 0 Å². The average molecular weight is 440 g/mol. The molecular formula is C18H15F2N3O2S3. The molecule has 0 spiro atoms. The smallest absolute Gasteiger partial charge is 0.387 e. The van der Waals surface area contributed by atoms with E-state index in [4.69, 9.17) is 12.2 Å². The minimum Gasteiger partial charge on any atom is -0.435 e. The number of rotatable bonds is 7. The molecule has 3 aromatic rings. The first-order chi connectivity index (χ1) is 13.4. The number of halogens is 2. The Hall–Kier alpha value is -2.30. The minimum atomic E-state index is -2.89. The maximum atomic E-state index is 12.4. The molecule has 1 unspecified atom stereocenters. The zero-order valence-electron chi connectivity index (χ0n) is 14.5. The molecule has 10 heteroatoms. The summed E-state index contributed by atoms with van der Waals surface area (Å²) in [5, 5.41) is 6.78. The lowest BCUT2D eigenvalue weighted by Gasteiger charge is -2.11. The summed E-state index contributed by atoms with van der Waals surface area (Å²) in [7, 11) is 0. The second-order valence-corrected chi connectivity index (χ2v) is 8.74. The summed E-state index contributed by atoms with van der Waals surface area (Å²) in [5.41, 5.74) is 1.35. The fourth-order valence-corrected chi connectivity index (χ4v) is 4.71. The van der Waals surface area contributed by atoms with Gasteiger partial charge in [-0.1, -0.05) is 41.3 Å². The third kappa shape index (κ3) is 5.37. The highest BCUT2D eigenvalue weighted by atomic mass is 32.2. The standard InChI is InChI=1S/C18H15F2N3O2S3/c1-11(15(24)21-12-7-9-14(10-8-12)25-16(19)20)27-17-22-23(18(26)28-17)13-5-3-2-4-6-13/h2-11,16H,1H3,(H,21,24). The molecule has 0 aliphatic rings. The van der Waals surface area contributed by atoms with Gasteiger partial charge in [-0.25, -0.2) is 4.68 Å². The quantitative estimate of drug-likeness (QED) is 0.395. The number of alkyl halides is 2. The van der Waals surface area contributed by atoms with Gasteiger partial charge in [0.1, 0.15) is 5.75 Å². The fraction of sp³-hybridized carbons (Fsp3) is 0.167. The molecule has 0 fully saturated rings. The number of hydrogen-bond acceptors (Lipinski definition) is 6. The predicted octanol–water partition coefficient (Wildman–Crippen LogP) is 5.38. The summed E-state index contributed by atoms with van der Waals surface area (Å²) < 4.78 is 31.6. The number of anilines is 1. The van der Waals surface area contributed by atoms with Crippen molar-refractivity contribution in [2.24, 2.45) is 0 Å². The molecule has 5 nitrogen and oxygen atoms in total. The monoisotopic (exact) mass is 439 g/mol. The highest BCUT2D eigenvalue weighted by molar-refractivity contribution is 8.02. The summed E-state index contributed by atoms with van der Waals surface area (Å²) in [6.07, 6.45) is 0. The second kappa shape index (κ2) is 9.26. The molecule has 3 rings (SSSR count). The summed E-state index contributed by atoms with van der Waals surface area (Å²) in [6, 6.07) is 15.3. The van der Waals surface area contributed by atoms with Crippen LogP contribution in [0.5, 0.6) is 5.75 Å². The van der Waals surface area contributed by atoms with E-state index in [1.807, 2.05) is 30.3 Å². The minimum absolute atomic E-state index is 0.0293. The SMILES string of the molecule is CC(Sc1nn(-c2ccccc2)c(=S)s1)C(=O)Nc1ccc(OC(F)F)cc1. The van der Waals surface area contributed by atoms with Gasteiger partial charge in [-0.15, -0.1) is 5.10 Å². The van der Waals surface area contributed by atoms with Crippen LogP contribution in [-0.2, 0) is 4.79 Å². The Morgan fingerprint density at radius 2 is 1.89 bits per heavy atom. The molecule has 1 N–H and O–H groups in total. The van der Waals surface area contributed by atoms with Crippen LogP contribution in [0.4, 0.5) is 14.5 Å². The van der Waals surface area contributed by atoms with Crippen molar-refractivity contribution in [2.45, 2.75) is 23.1 Å². The van der Waals surface area contributed by atoms with Crippen LogP contribution in [0.3, 0.4) is 0 Å². The average Bonchev–Trinajstić information content (AvgIpc) is 3.03. The molecule has 0 bridgehead atoms. The third-order valence-corrected chi connectivity index (χ3v) is 5.94. The van der Waals surface area contributed by atoms with Crippen molar-refractivity contribution >= 4 is 46.9 Å². The van der Waals surface area contributed by atoms with Crippen LogP contribution in [0.15, 0.2) is 58.9 Å². The Bertz CT molecular complexity index is 991. The second-order valence-electron chi connectivity index (χ2n) is 5.53. The van der Waals surface area contributed by atoms with E-state index in [2.05, 4.69) is 15.2 Å². The maximum absolute atomic E-state index is 12.4. The molecular weight excluding hydrogens is 424 g/mol. The van der Waals surface area contributed by atoms with Crippen LogP contribution in [0.25, 0.3) is 5.69 Å². The zero-order chi connectivity index (χ0) is 20.1. The first-order valence-corrected chi connectivity index (χ1v) is 10.2. The fourth-order valence-electron chi connectivity index (χ4n) is 2.21. The van der Waals surface area contributed by atoms with Gasteiger partial charge in [-0.05, 0) is 55.5 Å². The first-order valence-electron chi connectivity index (χ1n) is 8.10. The number of benzene rings is 2. The van der Waals surface area contributed by atoms with Crippen LogP contribution in [0, 0.1) is 3.95 Å². The third-order valence-electron chi connectivity index (χ3n) is 3.52. The predicted molar refractivity (Wildman–Crippen MR) is 109 cm³/mol. The van der Waals surface area contributed by atoms with Crippen LogP contribution < -0.4 is 10.1 Å². The number of nitrogens with zero attached hydrogens (tertiary/aromatic N) is 2. The Kier molecular flexibility index (Phi) is 6.76. The van der Waals surface area contributed by atoms with Crippen LogP contribution in [0.2, 0.25) is 0 Å². The van der Waals surface area contributed by atoms with Crippen molar-refractivity contribution in [3.8, 4) is 11.4 Å². The van der Waals surface area contributed by atoms with Gasteiger partial charge < -0.3 is 10.1 Å². The Morgan fingerprint density at radius 1 is 1.21 bits per heavy atom. The van der Waals surface area contributed by atoms with E-state index in [1.54, 1.807) is 11.6 Å². The summed E-state index contributed by atoms with van der Waals surface area (Å²) in [5.74, 6) is -0.207. The number of aromatic nitrogens is 2. The maximum Gasteiger partial charge on any atom is 0.387 e. The number of thioether (sulfide) groups is 1. The van der Waals surface area contributed by atoms with Crippen molar-refractivity contribution in [3.05, 3.63) is 58.6 Å². The summed E-state index contributed by atoms with van der Waals surface area (Å²) in [4.78, 5) is 12.4. The topological polar surface area (TPSA) is 56.2 Å². The molecule has 1 amide bonds. The van der Waals surface area contributed by atoms with E-state index in [1.165, 1.54) is 47.4 Å². The molecule has 0 aliphatic carbocycles. The lowest BCUT2D eigenvalue weighted by molar-refractivity contribution is -0.115. The van der Waals surface area contributed by atoms with Gasteiger partial charge in [0.2, 0.25) is 5.91 Å². The molecule has 0 saturated carbocycles. The normalized spacial score (nSPS) is 12.0. The highest BCUT2D eigenvalue weighted by Gasteiger charge is 2.18. The van der Waals surface area contributed by atoms with Gasteiger partial charge in [0, 0.05) is 5.69 Å². The van der Waals surface area contributed by atoms with Gasteiger partial charge in [0.05, 0.1) is 10.9 Å². The molecule has 146 valence electrons. The van der Waals surface area contributed by atoms with Gasteiger partial charge in [-0.2, -0.15) is 8.78 Å². The summed E-state index contributed by atoms with van der Waals surface area (Å²) in [6.45, 7) is -1.13. The number of hydrogen-bond donors (Lipinski definition) is 1. The van der Waals surface area contributed by atoms with Gasteiger partial charge in [0.25, 0.3) is 0 Å². The lowest BCUT2D eigenvalue weighted by Crippen LogP contribution is -2.22. The molecule has 1 aromatic heterocycles. The Morgan fingerprint density at radius 3 is 2.54 bits per heavy atom. The number of carbonyl (C=O) groups excluding carboxylic acids is 1. The molecule has 1 atom stereocenters. The van der Waals surface area contributed by atoms with Crippen molar-refractivity contribution in [2.75, 3.05) is 5.32 Å². The molecule has 0 aliphatic heterocycles. The van der Waals surface area contributed by atoms with Crippen LogP contribution >= 0.6 is 35.3 Å². The van der Waals surface area contributed by atoms with Crippen LogP contribution in [0.1, 0.15) is 6.92 Å². The molecule has 28 heavy (non-hydrogen) atoms. The Labute approximate surface area is 173 Å². The van der Waals surface area contributed by atoms with E-state index in [9.17, 15) is 13.6 Å². The zero-order valence-corrected chi connectivity index (χ0v) is 17.0. The van der Waals surface area contributed by atoms with E-state index in [0.29, 0.717) is 14.0 Å². The van der Waals surface area contributed by atoms with Crippen molar-refractivity contribution in [1.29, 1.82) is 0 Å². The van der Waals surface area contributed by atoms with E-state index < -0.39 is 11.9 Å². The summed E-state index contributed by atoms with van der Waals surface area (Å²) >= 11 is 7.99. The number of amides is 1. The number of ether oxygens (including phenoxy) is 1. The number of nitrogens with one attached hydrogen (secondary N) is 1. The number of carbonyl (C=O) groups is 1. The molecule has 0 saturated heterocycles. The van der Waals surface area contributed by atoms with Gasteiger partial charge in [0.15, 0.2) is 8.29 Å². The van der Waals surface area contributed by atoms with Gasteiger partial charge in [-0.3, -0.25) is 4.79 Å². The van der Waals surface area contributed by atoms with E-state index >= 15 is 0 Å². The van der Waals surface area contributed by atoms with E-state index in [-0.39, 0.29) is 11.7 Å². The molecule has 1 heterocycles. The lowest BCUT2D eigenvalue weighted by atomic mass is 10.3. The first kappa shape index (κ1) is 20.4. The van der Waals surface area contributed by atoms with Gasteiger partial charge >= 0.3 is 6.61 Å². The Balaban J connectivity index is 1.62. The highest BCUT2D eigenvalue weighted by Crippen LogP contribution is 2.28. The largest absolute Gasteiger partial charge is 0.435 e. The van der Waals surface area contributed by atoms with Crippen LogP contribution in [-0.4, -0.2) is 27.5 Å². The molecule has 2 aromatic carbocycles. The number of para-hydroxylation sites is 1. The van der Waals surface area contributed by atoms with Crippen molar-refractivity contribution in [1.82, 2.24) is 9.78 Å². The van der Waals surface area contributed by atoms with Crippen molar-refractivity contribution < 1.29 is 18.3 Å².